The molecule has 0 aliphatic rings. The summed E-state index contributed by atoms with van der Waals surface area (Å²) < 4.78 is 32.0. The number of aryl methyl sites for hydroxylation is 1. The molecule has 1 rings (SSSR count). The Morgan fingerprint density at radius 1 is 1.25 bits per heavy atom. The zero-order valence-corrected chi connectivity index (χ0v) is 13.0. The van der Waals surface area contributed by atoms with Crippen molar-refractivity contribution in [2.24, 2.45) is 4.99 Å². The molecule has 0 aliphatic carbocycles. The number of sulfonamides is 1. The normalized spacial score (nSPS) is 12.2. The van der Waals surface area contributed by atoms with Crippen LogP contribution in [-0.2, 0) is 14.8 Å². The first-order valence-corrected chi connectivity index (χ1v) is 8.24. The molecule has 0 heterocycles. The van der Waals surface area contributed by atoms with Gasteiger partial charge in [0.2, 0.25) is 0 Å². The van der Waals surface area contributed by atoms with Gasteiger partial charge in [0.15, 0.2) is 0 Å². The maximum Gasteiger partial charge on any atom is 0.298 e. The minimum Gasteiger partial charge on any atom is -0.465 e. The number of nitrogens with one attached hydrogen (secondary N) is 1. The van der Waals surface area contributed by atoms with Gasteiger partial charge in [-0.05, 0) is 32.4 Å². The van der Waals surface area contributed by atoms with E-state index in [9.17, 15) is 8.42 Å². The molecule has 0 bridgehead atoms. The van der Waals surface area contributed by atoms with Gasteiger partial charge < -0.3 is 4.74 Å². The molecular weight excluding hydrogens is 276 g/mol. The van der Waals surface area contributed by atoms with Crippen LogP contribution in [0.4, 0.5) is 0 Å². The molecule has 6 heteroatoms. The van der Waals surface area contributed by atoms with Gasteiger partial charge >= 0.3 is 0 Å². The van der Waals surface area contributed by atoms with Gasteiger partial charge in [-0.25, -0.2) is 18.1 Å². The summed E-state index contributed by atoms with van der Waals surface area (Å²) in [4.78, 5) is 4.34. The van der Waals surface area contributed by atoms with Crippen LogP contribution in [0.15, 0.2) is 34.2 Å². The summed E-state index contributed by atoms with van der Waals surface area (Å²) >= 11 is 0. The fourth-order valence-corrected chi connectivity index (χ4v) is 2.44. The third kappa shape index (κ3) is 5.21. The Balaban J connectivity index is 2.85. The van der Waals surface area contributed by atoms with Crippen molar-refractivity contribution >= 4 is 16.0 Å². The Morgan fingerprint density at radius 3 is 2.45 bits per heavy atom. The summed E-state index contributed by atoms with van der Waals surface area (Å²) in [6.45, 7) is 6.65. The molecule has 0 aliphatic heterocycles. The largest absolute Gasteiger partial charge is 0.465 e. The summed E-state index contributed by atoms with van der Waals surface area (Å²) in [5.74, 6) is 0. The molecule has 1 N–H and O–H groups in total. The number of amidine groups is 1. The fourth-order valence-electron chi connectivity index (χ4n) is 1.47. The SMILES string of the molecule is CCCC/N=C(/NS(=O)(=O)c1ccc(C)cc1)OCC. The molecule has 1 aromatic carbocycles. The minimum atomic E-state index is -3.64. The summed E-state index contributed by atoms with van der Waals surface area (Å²) in [5.41, 5.74) is 1.01. The van der Waals surface area contributed by atoms with Crippen molar-refractivity contribution in [2.45, 2.75) is 38.5 Å². The second-order valence-corrected chi connectivity index (χ2v) is 6.07. The van der Waals surface area contributed by atoms with Gasteiger partial charge in [-0.3, -0.25) is 0 Å². The number of hydrogen-bond acceptors (Lipinski definition) is 4. The van der Waals surface area contributed by atoms with Crippen molar-refractivity contribution in [1.29, 1.82) is 0 Å². The Kier molecular flexibility index (Phi) is 6.51. The zero-order chi connectivity index (χ0) is 15.0. The van der Waals surface area contributed by atoms with Gasteiger partial charge in [-0.2, -0.15) is 0 Å². The highest BCUT2D eigenvalue weighted by molar-refractivity contribution is 7.90. The van der Waals surface area contributed by atoms with Gasteiger partial charge in [-0.1, -0.05) is 31.0 Å². The van der Waals surface area contributed by atoms with E-state index in [0.717, 1.165) is 18.4 Å². The highest BCUT2D eigenvalue weighted by Gasteiger charge is 2.16. The topological polar surface area (TPSA) is 67.8 Å². The molecule has 0 spiro atoms. The Morgan fingerprint density at radius 2 is 1.90 bits per heavy atom. The van der Waals surface area contributed by atoms with Gasteiger partial charge in [-0.15, -0.1) is 0 Å². The molecule has 0 unspecified atom stereocenters. The summed E-state index contributed by atoms with van der Waals surface area (Å²) in [5, 5.41) is 0. The summed E-state index contributed by atoms with van der Waals surface area (Å²) in [6.07, 6.45) is 1.89. The van der Waals surface area contributed by atoms with Gasteiger partial charge in [0.05, 0.1) is 11.5 Å². The van der Waals surface area contributed by atoms with Crippen molar-refractivity contribution in [2.75, 3.05) is 13.2 Å². The number of benzene rings is 1. The van der Waals surface area contributed by atoms with Gasteiger partial charge in [0.25, 0.3) is 16.0 Å². The maximum absolute atomic E-state index is 12.2. The third-order valence-electron chi connectivity index (χ3n) is 2.60. The van der Waals surface area contributed by atoms with E-state index in [1.807, 2.05) is 13.8 Å². The van der Waals surface area contributed by atoms with E-state index in [2.05, 4.69) is 9.71 Å². The predicted molar refractivity (Wildman–Crippen MR) is 80.3 cm³/mol. The van der Waals surface area contributed by atoms with Crippen molar-refractivity contribution in [3.8, 4) is 0 Å². The number of aliphatic imine (C=N–C) groups is 1. The van der Waals surface area contributed by atoms with Crippen LogP contribution in [0.25, 0.3) is 0 Å². The molecule has 0 radical (unpaired) electrons. The number of ether oxygens (including phenoxy) is 1. The van der Waals surface area contributed by atoms with E-state index in [0.29, 0.717) is 13.2 Å². The smallest absolute Gasteiger partial charge is 0.298 e. The molecular formula is C14H22N2O3S. The van der Waals surface area contributed by atoms with Crippen molar-refractivity contribution < 1.29 is 13.2 Å². The van der Waals surface area contributed by atoms with Crippen LogP contribution in [0, 0.1) is 6.92 Å². The van der Waals surface area contributed by atoms with E-state index >= 15 is 0 Å². The van der Waals surface area contributed by atoms with Gasteiger partial charge in [0.1, 0.15) is 0 Å². The van der Waals surface area contributed by atoms with E-state index in [4.69, 9.17) is 4.74 Å². The van der Waals surface area contributed by atoms with Crippen LogP contribution in [0.3, 0.4) is 0 Å². The Bertz CT molecular complexity index is 536. The average molecular weight is 298 g/mol. The minimum absolute atomic E-state index is 0.0570. The van der Waals surface area contributed by atoms with Crippen LogP contribution >= 0.6 is 0 Å². The second-order valence-electron chi connectivity index (χ2n) is 4.39. The van der Waals surface area contributed by atoms with Crippen LogP contribution in [0.2, 0.25) is 0 Å². The number of rotatable bonds is 6. The molecule has 0 saturated carbocycles. The van der Waals surface area contributed by atoms with Crippen molar-refractivity contribution in [3.63, 3.8) is 0 Å². The molecule has 0 saturated heterocycles. The highest BCUT2D eigenvalue weighted by Crippen LogP contribution is 2.10. The molecule has 5 nitrogen and oxygen atoms in total. The number of hydrogen-bond donors (Lipinski definition) is 1. The number of unbranched alkanes of at least 4 members (excludes halogenated alkanes) is 1. The Labute approximate surface area is 121 Å². The van der Waals surface area contributed by atoms with E-state index in [1.165, 1.54) is 0 Å². The molecule has 0 atom stereocenters. The van der Waals surface area contributed by atoms with Gasteiger partial charge in [0, 0.05) is 6.54 Å². The zero-order valence-electron chi connectivity index (χ0n) is 12.2. The van der Waals surface area contributed by atoms with Crippen molar-refractivity contribution in [1.82, 2.24) is 4.72 Å². The van der Waals surface area contributed by atoms with Crippen molar-refractivity contribution in [3.05, 3.63) is 29.8 Å². The lowest BCUT2D eigenvalue weighted by atomic mass is 10.2. The first-order chi connectivity index (χ1) is 9.49. The average Bonchev–Trinajstić information content (AvgIpc) is 2.39. The lowest BCUT2D eigenvalue weighted by molar-refractivity contribution is 0.315. The highest BCUT2D eigenvalue weighted by atomic mass is 32.2. The molecule has 1 aromatic rings. The molecule has 0 amide bonds. The maximum atomic E-state index is 12.2. The van der Waals surface area contributed by atoms with Crippen LogP contribution in [0.1, 0.15) is 32.3 Å². The van der Waals surface area contributed by atoms with Crippen LogP contribution in [-0.4, -0.2) is 27.6 Å². The lowest BCUT2D eigenvalue weighted by Crippen LogP contribution is -2.32. The monoisotopic (exact) mass is 298 g/mol. The molecule has 0 fully saturated rings. The molecule has 112 valence electrons. The standard InChI is InChI=1S/C14H22N2O3S/c1-4-6-11-15-14(19-5-2)16-20(17,18)13-9-7-12(3)8-10-13/h7-10H,4-6,11H2,1-3H3,(H,15,16). The predicted octanol–water partition coefficient (Wildman–Crippen LogP) is 2.47. The van der Waals surface area contributed by atoms with Crippen LogP contribution < -0.4 is 4.72 Å². The number of nitrogens with zero attached hydrogens (tertiary/aromatic N) is 1. The van der Waals surface area contributed by atoms with E-state index in [-0.39, 0.29) is 10.9 Å². The van der Waals surface area contributed by atoms with Crippen LogP contribution in [0.5, 0.6) is 0 Å². The Hall–Kier alpha value is -1.56. The fraction of sp³-hybridized carbons (Fsp3) is 0.500. The lowest BCUT2D eigenvalue weighted by Gasteiger charge is -2.11. The second kappa shape index (κ2) is 7.89. The summed E-state index contributed by atoms with van der Waals surface area (Å²) in [6, 6.07) is 6.69. The first-order valence-electron chi connectivity index (χ1n) is 6.76. The third-order valence-corrected chi connectivity index (χ3v) is 3.94. The first kappa shape index (κ1) is 16.5. The summed E-state index contributed by atoms with van der Waals surface area (Å²) in [7, 11) is -3.64. The van der Waals surface area contributed by atoms with E-state index < -0.39 is 10.0 Å². The molecule has 20 heavy (non-hydrogen) atoms. The quantitative estimate of drug-likeness (QED) is 0.498. The molecule has 0 aromatic heterocycles. The van der Waals surface area contributed by atoms with E-state index in [1.54, 1.807) is 31.2 Å².